The summed E-state index contributed by atoms with van der Waals surface area (Å²) < 4.78 is 0. The predicted octanol–water partition coefficient (Wildman–Crippen LogP) is 4.53. The van der Waals surface area contributed by atoms with Crippen LogP contribution in [-0.4, -0.2) is 5.78 Å². The van der Waals surface area contributed by atoms with E-state index in [-0.39, 0.29) is 5.78 Å². The van der Waals surface area contributed by atoms with Gasteiger partial charge in [0.15, 0.2) is 5.78 Å². The summed E-state index contributed by atoms with van der Waals surface area (Å²) >= 11 is 12.1. The molecule has 2 aromatic rings. The molecule has 0 N–H and O–H groups in total. The molecular weight excluding hydrogens is 255 g/mol. The Kier molecular flexibility index (Phi) is 3.51. The van der Waals surface area contributed by atoms with Crippen molar-refractivity contribution in [1.82, 2.24) is 0 Å². The molecule has 2 rings (SSSR count). The van der Waals surface area contributed by atoms with Gasteiger partial charge in [0, 0.05) is 16.1 Å². The fourth-order valence-corrected chi connectivity index (χ4v) is 2.10. The van der Waals surface area contributed by atoms with Gasteiger partial charge < -0.3 is 0 Å². The van der Waals surface area contributed by atoms with E-state index in [1.807, 2.05) is 25.1 Å². The number of hydrogen-bond acceptors (Lipinski definition) is 1. The van der Waals surface area contributed by atoms with Crippen molar-refractivity contribution in [3.63, 3.8) is 0 Å². The summed E-state index contributed by atoms with van der Waals surface area (Å²) in [4.78, 5) is 12.2. The SMILES string of the molecule is Cc1cc(Cl)cc(C(=O)c2ccccc2)c1Cl. The van der Waals surface area contributed by atoms with E-state index in [0.717, 1.165) is 5.56 Å². The van der Waals surface area contributed by atoms with E-state index in [9.17, 15) is 4.79 Å². The Balaban J connectivity index is 2.52. The molecule has 3 heteroatoms. The number of carbonyl (C=O) groups is 1. The average Bonchev–Trinajstić information content (AvgIpc) is 2.34. The molecule has 1 nitrogen and oxygen atoms in total. The third-order valence-electron chi connectivity index (χ3n) is 2.50. The van der Waals surface area contributed by atoms with Crippen molar-refractivity contribution in [3.8, 4) is 0 Å². The minimum absolute atomic E-state index is 0.110. The Hall–Kier alpha value is -1.31. The van der Waals surface area contributed by atoms with E-state index in [4.69, 9.17) is 23.2 Å². The standard InChI is InChI=1S/C14H10Cl2O/c1-9-7-11(15)8-12(13(9)16)14(17)10-5-3-2-4-6-10/h2-8H,1H3. The average molecular weight is 265 g/mol. The van der Waals surface area contributed by atoms with Crippen LogP contribution < -0.4 is 0 Å². The smallest absolute Gasteiger partial charge is 0.194 e. The molecule has 0 aliphatic carbocycles. The molecule has 0 aromatic heterocycles. The minimum Gasteiger partial charge on any atom is -0.289 e. The second kappa shape index (κ2) is 4.91. The van der Waals surface area contributed by atoms with Gasteiger partial charge in [0.25, 0.3) is 0 Å². The predicted molar refractivity (Wildman–Crippen MR) is 71.1 cm³/mol. The Bertz CT molecular complexity index is 562. The van der Waals surface area contributed by atoms with Crippen LogP contribution in [0.4, 0.5) is 0 Å². The summed E-state index contributed by atoms with van der Waals surface area (Å²) in [5, 5.41) is 0.981. The summed E-state index contributed by atoms with van der Waals surface area (Å²) in [7, 11) is 0. The number of hydrogen-bond donors (Lipinski definition) is 0. The molecule has 86 valence electrons. The van der Waals surface area contributed by atoms with Crippen molar-refractivity contribution in [2.75, 3.05) is 0 Å². The third-order valence-corrected chi connectivity index (χ3v) is 3.22. The van der Waals surface area contributed by atoms with Crippen LogP contribution in [0.1, 0.15) is 21.5 Å². The molecule has 0 atom stereocenters. The maximum atomic E-state index is 12.2. The summed E-state index contributed by atoms with van der Waals surface area (Å²) in [6, 6.07) is 12.4. The first-order chi connectivity index (χ1) is 8.09. The molecule has 0 fully saturated rings. The number of carbonyl (C=O) groups excluding carboxylic acids is 1. The van der Waals surface area contributed by atoms with Gasteiger partial charge in [0.05, 0.1) is 5.02 Å². The van der Waals surface area contributed by atoms with Crippen LogP contribution in [0.25, 0.3) is 0 Å². The van der Waals surface area contributed by atoms with Crippen molar-refractivity contribution in [2.45, 2.75) is 6.92 Å². The van der Waals surface area contributed by atoms with Gasteiger partial charge in [-0.3, -0.25) is 4.79 Å². The molecule has 0 radical (unpaired) electrons. The van der Waals surface area contributed by atoms with Crippen LogP contribution in [0.2, 0.25) is 10.0 Å². The highest BCUT2D eigenvalue weighted by molar-refractivity contribution is 6.37. The van der Waals surface area contributed by atoms with Crippen LogP contribution >= 0.6 is 23.2 Å². The second-order valence-corrected chi connectivity index (χ2v) is 4.59. The highest BCUT2D eigenvalue weighted by Crippen LogP contribution is 2.27. The number of benzene rings is 2. The van der Waals surface area contributed by atoms with Crippen LogP contribution in [0.5, 0.6) is 0 Å². The van der Waals surface area contributed by atoms with Crippen molar-refractivity contribution < 1.29 is 4.79 Å². The maximum absolute atomic E-state index is 12.2. The maximum Gasteiger partial charge on any atom is 0.194 e. The fraction of sp³-hybridized carbons (Fsp3) is 0.0714. The normalized spacial score (nSPS) is 10.3. The van der Waals surface area contributed by atoms with Crippen LogP contribution in [0.15, 0.2) is 42.5 Å². The third kappa shape index (κ3) is 2.51. The molecular formula is C14H10Cl2O. The van der Waals surface area contributed by atoms with Gasteiger partial charge in [0.2, 0.25) is 0 Å². The Morgan fingerprint density at radius 2 is 1.71 bits per heavy atom. The molecule has 0 aliphatic heterocycles. The van der Waals surface area contributed by atoms with Crippen molar-refractivity contribution >= 4 is 29.0 Å². The first-order valence-electron chi connectivity index (χ1n) is 5.15. The number of ketones is 1. The molecule has 2 aromatic carbocycles. The molecule has 17 heavy (non-hydrogen) atoms. The molecule has 0 amide bonds. The van der Waals surface area contributed by atoms with Crippen molar-refractivity contribution in [2.24, 2.45) is 0 Å². The first-order valence-corrected chi connectivity index (χ1v) is 5.90. The Labute approximate surface area is 110 Å². The van der Waals surface area contributed by atoms with E-state index in [2.05, 4.69) is 0 Å². The van der Waals surface area contributed by atoms with E-state index >= 15 is 0 Å². The van der Waals surface area contributed by atoms with Gasteiger partial charge >= 0.3 is 0 Å². The Morgan fingerprint density at radius 3 is 2.35 bits per heavy atom. The van der Waals surface area contributed by atoms with Gasteiger partial charge in [-0.2, -0.15) is 0 Å². The number of rotatable bonds is 2. The van der Waals surface area contributed by atoms with Gasteiger partial charge in [0.1, 0.15) is 0 Å². The van der Waals surface area contributed by atoms with Crippen LogP contribution in [0.3, 0.4) is 0 Å². The lowest BCUT2D eigenvalue weighted by Gasteiger charge is -2.07. The number of aryl methyl sites for hydroxylation is 1. The van der Waals surface area contributed by atoms with Crippen LogP contribution in [0, 0.1) is 6.92 Å². The van der Waals surface area contributed by atoms with Crippen molar-refractivity contribution in [1.29, 1.82) is 0 Å². The van der Waals surface area contributed by atoms with Gasteiger partial charge in [-0.05, 0) is 24.6 Å². The van der Waals surface area contributed by atoms with E-state index in [1.54, 1.807) is 24.3 Å². The summed E-state index contributed by atoms with van der Waals surface area (Å²) in [5.41, 5.74) is 1.86. The highest BCUT2D eigenvalue weighted by atomic mass is 35.5. The number of halogens is 2. The molecule has 0 bridgehead atoms. The van der Waals surface area contributed by atoms with Crippen LogP contribution in [-0.2, 0) is 0 Å². The largest absolute Gasteiger partial charge is 0.289 e. The highest BCUT2D eigenvalue weighted by Gasteiger charge is 2.14. The lowest BCUT2D eigenvalue weighted by atomic mass is 10.0. The zero-order valence-corrected chi connectivity index (χ0v) is 10.7. The summed E-state index contributed by atoms with van der Waals surface area (Å²) in [5.74, 6) is -0.110. The fourth-order valence-electron chi connectivity index (χ4n) is 1.64. The minimum atomic E-state index is -0.110. The molecule has 0 spiro atoms. The lowest BCUT2D eigenvalue weighted by molar-refractivity contribution is 0.103. The lowest BCUT2D eigenvalue weighted by Crippen LogP contribution is -2.02. The molecule has 0 heterocycles. The molecule has 0 saturated carbocycles. The molecule has 0 unspecified atom stereocenters. The van der Waals surface area contributed by atoms with Gasteiger partial charge in [-0.25, -0.2) is 0 Å². The zero-order valence-electron chi connectivity index (χ0n) is 9.21. The van der Waals surface area contributed by atoms with E-state index in [0.29, 0.717) is 21.2 Å². The summed E-state index contributed by atoms with van der Waals surface area (Å²) in [6.45, 7) is 1.83. The monoisotopic (exact) mass is 264 g/mol. The first kappa shape index (κ1) is 12.2. The van der Waals surface area contributed by atoms with Crippen molar-refractivity contribution in [3.05, 3.63) is 69.2 Å². The van der Waals surface area contributed by atoms with E-state index < -0.39 is 0 Å². The zero-order chi connectivity index (χ0) is 12.4. The summed E-state index contributed by atoms with van der Waals surface area (Å²) in [6.07, 6.45) is 0. The van der Waals surface area contributed by atoms with Gasteiger partial charge in [-0.1, -0.05) is 53.5 Å². The second-order valence-electron chi connectivity index (χ2n) is 3.78. The van der Waals surface area contributed by atoms with Gasteiger partial charge in [-0.15, -0.1) is 0 Å². The molecule has 0 saturated heterocycles. The molecule has 0 aliphatic rings. The van der Waals surface area contributed by atoms with E-state index in [1.165, 1.54) is 0 Å². The Morgan fingerprint density at radius 1 is 1.06 bits per heavy atom. The topological polar surface area (TPSA) is 17.1 Å². The quantitative estimate of drug-likeness (QED) is 0.729.